The molecule has 7 nitrogen and oxygen atoms in total. The van der Waals surface area contributed by atoms with Gasteiger partial charge in [-0.1, -0.05) is 13.3 Å². The molecule has 0 aliphatic heterocycles. The molecule has 1 aromatic heterocycles. The molecule has 0 fully saturated rings. The van der Waals surface area contributed by atoms with Crippen molar-refractivity contribution in [2.75, 3.05) is 0 Å². The fourth-order valence-electron chi connectivity index (χ4n) is 2.70. The van der Waals surface area contributed by atoms with Crippen molar-refractivity contribution in [2.24, 2.45) is 7.05 Å². The topological polar surface area (TPSA) is 93.5 Å². The van der Waals surface area contributed by atoms with E-state index < -0.39 is 18.0 Å². The third-order valence-electron chi connectivity index (χ3n) is 4.09. The van der Waals surface area contributed by atoms with Gasteiger partial charge in [0.25, 0.3) is 12.3 Å². The SMILES string of the molecule is CCCC(C)OC1=C(C)C(=O)CCC1.Cn1cc(C(=O)NO)c(C(F)F)n1. The van der Waals surface area contributed by atoms with Crippen molar-refractivity contribution in [2.45, 2.75) is 65.4 Å². The average Bonchev–Trinajstić information content (AvgIpc) is 3.01. The summed E-state index contributed by atoms with van der Waals surface area (Å²) in [5.41, 5.74) is 1.13. The molecule has 1 amide bonds. The second-order valence-electron chi connectivity index (χ2n) is 6.39. The van der Waals surface area contributed by atoms with Crippen molar-refractivity contribution < 1.29 is 28.3 Å². The molecular formula is C18H27F2N3O4. The lowest BCUT2D eigenvalue weighted by Crippen LogP contribution is -2.19. The molecule has 27 heavy (non-hydrogen) atoms. The number of hydrogen-bond donors (Lipinski definition) is 2. The summed E-state index contributed by atoms with van der Waals surface area (Å²) in [4.78, 5) is 22.2. The van der Waals surface area contributed by atoms with Crippen LogP contribution in [-0.4, -0.2) is 32.8 Å². The zero-order valence-electron chi connectivity index (χ0n) is 16.1. The highest BCUT2D eigenvalue weighted by atomic mass is 19.3. The van der Waals surface area contributed by atoms with Crippen LogP contribution in [0, 0.1) is 0 Å². The molecule has 9 heteroatoms. The maximum absolute atomic E-state index is 12.2. The van der Waals surface area contributed by atoms with Crippen molar-refractivity contribution in [1.82, 2.24) is 15.3 Å². The van der Waals surface area contributed by atoms with Crippen LogP contribution in [-0.2, 0) is 16.6 Å². The van der Waals surface area contributed by atoms with Crippen LogP contribution >= 0.6 is 0 Å². The Morgan fingerprint density at radius 1 is 1.44 bits per heavy atom. The number of halogens is 2. The van der Waals surface area contributed by atoms with Crippen LogP contribution in [0.2, 0.25) is 0 Å². The van der Waals surface area contributed by atoms with Crippen LogP contribution in [0.5, 0.6) is 0 Å². The number of carbonyl (C=O) groups excluding carboxylic acids is 2. The maximum Gasteiger partial charge on any atom is 0.282 e. The molecule has 1 heterocycles. The Morgan fingerprint density at radius 3 is 2.67 bits per heavy atom. The Balaban J connectivity index is 0.000000271. The molecule has 1 aliphatic carbocycles. The monoisotopic (exact) mass is 387 g/mol. The fourth-order valence-corrected chi connectivity index (χ4v) is 2.70. The predicted octanol–water partition coefficient (Wildman–Crippen LogP) is 3.70. The first-order valence-corrected chi connectivity index (χ1v) is 8.86. The summed E-state index contributed by atoms with van der Waals surface area (Å²) < 4.78 is 31.2. The first-order valence-electron chi connectivity index (χ1n) is 8.86. The Kier molecular flexibility index (Phi) is 9.07. The van der Waals surface area contributed by atoms with Gasteiger partial charge in [0.05, 0.1) is 11.7 Å². The molecule has 1 atom stereocenters. The summed E-state index contributed by atoms with van der Waals surface area (Å²) in [5, 5.41) is 11.6. The quantitative estimate of drug-likeness (QED) is 0.573. The number of ketones is 1. The minimum Gasteiger partial charge on any atom is -0.495 e. The lowest BCUT2D eigenvalue weighted by atomic mass is 9.97. The molecule has 0 radical (unpaired) electrons. The van der Waals surface area contributed by atoms with Gasteiger partial charge in [-0.15, -0.1) is 0 Å². The van der Waals surface area contributed by atoms with E-state index in [2.05, 4.69) is 18.9 Å². The number of amides is 1. The third kappa shape index (κ3) is 6.74. The molecule has 1 aromatic rings. The van der Waals surface area contributed by atoms with E-state index in [0.29, 0.717) is 6.42 Å². The second-order valence-corrected chi connectivity index (χ2v) is 6.39. The molecule has 1 aliphatic rings. The molecule has 0 saturated heterocycles. The van der Waals surface area contributed by atoms with Gasteiger partial charge in [0.2, 0.25) is 0 Å². The van der Waals surface area contributed by atoms with E-state index in [1.54, 1.807) is 0 Å². The van der Waals surface area contributed by atoms with Gasteiger partial charge in [0.1, 0.15) is 11.5 Å². The van der Waals surface area contributed by atoms with Gasteiger partial charge in [0, 0.05) is 31.7 Å². The molecule has 2 rings (SSSR count). The standard InChI is InChI=1S/C12H20O2.C6H7F2N3O2/c1-4-6-9(2)14-12-8-5-7-11(13)10(12)3;1-11-2-3(6(12)10-13)4(9-11)5(7)8/h9H,4-8H2,1-3H3;2,5,13H,1H3,(H,10,12). The van der Waals surface area contributed by atoms with Gasteiger partial charge in [0.15, 0.2) is 5.78 Å². The van der Waals surface area contributed by atoms with E-state index in [1.807, 2.05) is 6.92 Å². The highest BCUT2D eigenvalue weighted by Crippen LogP contribution is 2.24. The molecular weight excluding hydrogens is 360 g/mol. The Hall–Kier alpha value is -2.29. The van der Waals surface area contributed by atoms with Gasteiger partial charge in [-0.2, -0.15) is 5.10 Å². The Bertz CT molecular complexity index is 686. The van der Waals surface area contributed by atoms with Crippen molar-refractivity contribution in [3.63, 3.8) is 0 Å². The van der Waals surface area contributed by atoms with Gasteiger partial charge in [-0.05, 0) is 26.7 Å². The zero-order valence-corrected chi connectivity index (χ0v) is 16.1. The van der Waals surface area contributed by atoms with E-state index in [4.69, 9.17) is 9.94 Å². The minimum absolute atomic E-state index is 0.246. The smallest absolute Gasteiger partial charge is 0.282 e. The molecule has 152 valence electrons. The van der Waals surface area contributed by atoms with Crippen molar-refractivity contribution in [3.8, 4) is 0 Å². The van der Waals surface area contributed by atoms with Crippen LogP contribution < -0.4 is 5.48 Å². The highest BCUT2D eigenvalue weighted by molar-refractivity contribution is 5.96. The number of nitrogens with zero attached hydrogens (tertiary/aromatic N) is 2. The molecule has 0 saturated carbocycles. The van der Waals surface area contributed by atoms with E-state index in [0.717, 1.165) is 47.9 Å². The third-order valence-corrected chi connectivity index (χ3v) is 4.09. The first kappa shape index (κ1) is 22.8. The number of alkyl halides is 2. The number of ether oxygens (including phenoxy) is 1. The van der Waals surface area contributed by atoms with Gasteiger partial charge >= 0.3 is 0 Å². The number of carbonyl (C=O) groups is 2. The van der Waals surface area contributed by atoms with Crippen molar-refractivity contribution in [1.29, 1.82) is 0 Å². The number of aromatic nitrogens is 2. The molecule has 0 bridgehead atoms. The normalized spacial score (nSPS) is 15.3. The van der Waals surface area contributed by atoms with Crippen LogP contribution in [0.25, 0.3) is 0 Å². The molecule has 2 N–H and O–H groups in total. The molecule has 0 spiro atoms. The summed E-state index contributed by atoms with van der Waals surface area (Å²) in [5.74, 6) is 0.195. The van der Waals surface area contributed by atoms with Crippen LogP contribution in [0.4, 0.5) is 8.78 Å². The average molecular weight is 387 g/mol. The highest BCUT2D eigenvalue weighted by Gasteiger charge is 2.22. The fraction of sp³-hybridized carbons (Fsp3) is 0.611. The largest absolute Gasteiger partial charge is 0.495 e. The molecule has 1 unspecified atom stereocenters. The number of nitrogens with one attached hydrogen (secondary N) is 1. The van der Waals surface area contributed by atoms with E-state index in [9.17, 15) is 18.4 Å². The lowest BCUT2D eigenvalue weighted by molar-refractivity contribution is -0.116. The van der Waals surface area contributed by atoms with Gasteiger partial charge in [-0.25, -0.2) is 14.3 Å². The first-order chi connectivity index (χ1) is 12.7. The van der Waals surface area contributed by atoms with Crippen LogP contribution in [0.1, 0.15) is 75.4 Å². The van der Waals surface area contributed by atoms with Gasteiger partial charge < -0.3 is 4.74 Å². The number of hydroxylamine groups is 1. The van der Waals surface area contributed by atoms with E-state index in [-0.39, 0.29) is 17.5 Å². The van der Waals surface area contributed by atoms with Crippen molar-refractivity contribution in [3.05, 3.63) is 28.8 Å². The minimum atomic E-state index is -2.84. The van der Waals surface area contributed by atoms with Crippen LogP contribution in [0.3, 0.4) is 0 Å². The maximum atomic E-state index is 12.2. The number of Topliss-reactive ketones (excluding diaryl/α,β-unsaturated/α-hetero) is 1. The van der Waals surface area contributed by atoms with E-state index >= 15 is 0 Å². The molecule has 0 aromatic carbocycles. The number of rotatable bonds is 6. The van der Waals surface area contributed by atoms with Gasteiger partial charge in [-0.3, -0.25) is 19.5 Å². The summed E-state index contributed by atoms with van der Waals surface area (Å²) in [6.45, 7) is 6.10. The number of hydrogen-bond acceptors (Lipinski definition) is 5. The lowest BCUT2D eigenvalue weighted by Gasteiger charge is -2.21. The second kappa shape index (κ2) is 10.8. The van der Waals surface area contributed by atoms with E-state index in [1.165, 1.54) is 12.5 Å². The summed E-state index contributed by atoms with van der Waals surface area (Å²) in [6, 6.07) is 0. The zero-order chi connectivity index (χ0) is 20.6. The Morgan fingerprint density at radius 2 is 2.11 bits per heavy atom. The van der Waals surface area contributed by atoms with Crippen LogP contribution in [0.15, 0.2) is 17.5 Å². The number of aryl methyl sites for hydroxylation is 1. The Labute approximate surface area is 157 Å². The summed E-state index contributed by atoms with van der Waals surface area (Å²) in [6.07, 6.45) is 3.28. The predicted molar refractivity (Wildman–Crippen MR) is 94.4 cm³/mol. The summed E-state index contributed by atoms with van der Waals surface area (Å²) >= 11 is 0. The summed E-state index contributed by atoms with van der Waals surface area (Å²) in [7, 11) is 1.40. The number of allylic oxidation sites excluding steroid dienone is 2. The van der Waals surface area contributed by atoms with Crippen molar-refractivity contribution >= 4 is 11.7 Å².